The molecule has 0 saturated carbocycles. The normalized spacial score (nSPS) is 16.2. The second-order valence-corrected chi connectivity index (χ2v) is 16.4. The summed E-state index contributed by atoms with van der Waals surface area (Å²) in [6.45, 7) is -0.436. The van der Waals surface area contributed by atoms with E-state index in [0.29, 0.717) is 37.1 Å². The number of amides is 7. The summed E-state index contributed by atoms with van der Waals surface area (Å²) in [7, 11) is 0. The van der Waals surface area contributed by atoms with Crippen LogP contribution in [0.3, 0.4) is 0 Å². The number of para-hydroxylation sites is 1. The van der Waals surface area contributed by atoms with Crippen LogP contribution >= 0.6 is 0 Å². The van der Waals surface area contributed by atoms with Gasteiger partial charge in [-0.1, -0.05) is 48.5 Å². The predicted molar refractivity (Wildman–Crippen MR) is 243 cm³/mol. The van der Waals surface area contributed by atoms with Crippen molar-refractivity contribution in [3.8, 4) is 0 Å². The van der Waals surface area contributed by atoms with E-state index in [1.54, 1.807) is 36.5 Å². The lowest BCUT2D eigenvalue weighted by Crippen LogP contribution is -2.60. The van der Waals surface area contributed by atoms with E-state index in [4.69, 9.17) is 17.2 Å². The fraction of sp³-hybridized carbons (Fsp3) is 0.444. The Kier molecular flexibility index (Phi) is 18.9. The number of carbonyl (C=O) groups is 8. The number of nitrogens with two attached hydrogens (primary N) is 3. The van der Waals surface area contributed by atoms with Crippen LogP contribution in [0.25, 0.3) is 10.9 Å². The van der Waals surface area contributed by atoms with Crippen molar-refractivity contribution in [1.82, 2.24) is 46.4 Å². The maximum Gasteiger partial charge on any atom is 0.326 e. The van der Waals surface area contributed by atoms with Crippen molar-refractivity contribution in [1.29, 1.82) is 0 Å². The number of carboxylic acid groups (broad SMARTS) is 1. The zero-order chi connectivity index (χ0) is 48.5. The molecule has 7 amide bonds. The monoisotopic (exact) mass is 928 g/mol. The summed E-state index contributed by atoms with van der Waals surface area (Å²) in [5.74, 6) is -6.84. The number of aliphatic hydroxyl groups is 1. The van der Waals surface area contributed by atoms with Crippen LogP contribution in [0.2, 0.25) is 0 Å². The third-order valence-electron chi connectivity index (χ3n) is 11.5. The van der Waals surface area contributed by atoms with Crippen LogP contribution in [0.1, 0.15) is 61.8 Å². The van der Waals surface area contributed by atoms with Gasteiger partial charge in [0.25, 0.3) is 0 Å². The second-order valence-electron chi connectivity index (χ2n) is 16.4. The lowest BCUT2D eigenvalue weighted by molar-refractivity contribution is -0.143. The van der Waals surface area contributed by atoms with Crippen molar-refractivity contribution in [2.75, 3.05) is 19.7 Å². The Morgan fingerprint density at radius 3 is 2.12 bits per heavy atom. The van der Waals surface area contributed by atoms with Gasteiger partial charge in [0, 0.05) is 54.8 Å². The van der Waals surface area contributed by atoms with Gasteiger partial charge < -0.3 is 68.9 Å². The molecule has 1 fully saturated rings. The number of rotatable bonds is 26. The molecular weight excluding hydrogens is 869 g/mol. The number of likely N-dealkylation sites (tertiary alicyclic amines) is 1. The van der Waals surface area contributed by atoms with Crippen LogP contribution < -0.4 is 43.8 Å². The Labute approximate surface area is 385 Å². The van der Waals surface area contributed by atoms with Gasteiger partial charge in [0.1, 0.15) is 36.3 Å². The minimum atomic E-state index is -1.51. The quantitative estimate of drug-likeness (QED) is 0.0308. The zero-order valence-corrected chi connectivity index (χ0v) is 36.9. The van der Waals surface area contributed by atoms with E-state index in [0.717, 1.165) is 16.5 Å². The number of aromatic nitrogens is 3. The second kappa shape index (κ2) is 24.9. The molecule has 0 aliphatic carbocycles. The number of carbonyl (C=O) groups excluding carboxylic acids is 7. The van der Waals surface area contributed by atoms with Gasteiger partial charge in [-0.25, -0.2) is 9.78 Å². The molecule has 4 aromatic rings. The summed E-state index contributed by atoms with van der Waals surface area (Å²) in [4.78, 5) is 118. The number of aromatic amines is 2. The standard InChI is InChI=1S/C45H60N12O10/c46-17-7-6-13-33(45(66)67)53-41(62)34(19-26-9-2-1-3-10-26)54-40(61)32(15-16-38(48)59)52-43(64)37-14-8-18-57(37)44(65)35(21-28-23-49-25-51-28)55-42(63)36(24-58)56-39(60)30(47)20-27-22-50-31-12-5-4-11-29(27)31/h1-5,9-12,22-23,25,30,32-37,50,58H,6-8,13-21,24,46-47H2,(H2,48,59)(H,49,51)(H,52,64)(H,53,62)(H,54,61)(H,55,63)(H,56,60)(H,66,67)/t30-,32-,33-,34-,35-,36-,37-/m0/s1. The topological polar surface area (TPSA) is 363 Å². The van der Waals surface area contributed by atoms with Crippen molar-refractivity contribution in [3.05, 3.63) is 90.1 Å². The summed E-state index contributed by atoms with van der Waals surface area (Å²) in [6.07, 6.45) is 5.37. The molecule has 67 heavy (non-hydrogen) atoms. The van der Waals surface area contributed by atoms with E-state index in [-0.39, 0.29) is 51.5 Å². The molecule has 2 aromatic heterocycles. The number of unbranched alkanes of at least 4 members (excludes halogenated alkanes) is 1. The van der Waals surface area contributed by atoms with Gasteiger partial charge in [0.15, 0.2) is 0 Å². The molecule has 1 saturated heterocycles. The first-order valence-corrected chi connectivity index (χ1v) is 22.1. The van der Waals surface area contributed by atoms with Crippen molar-refractivity contribution in [2.45, 2.75) is 107 Å². The highest BCUT2D eigenvalue weighted by Gasteiger charge is 2.40. The van der Waals surface area contributed by atoms with E-state index in [9.17, 15) is 48.6 Å². The van der Waals surface area contributed by atoms with Gasteiger partial charge in [-0.3, -0.25) is 33.6 Å². The molecule has 360 valence electrons. The number of benzene rings is 2. The smallest absolute Gasteiger partial charge is 0.326 e. The summed E-state index contributed by atoms with van der Waals surface area (Å²) >= 11 is 0. The van der Waals surface area contributed by atoms with Crippen LogP contribution in [-0.2, 0) is 57.6 Å². The molecule has 3 heterocycles. The van der Waals surface area contributed by atoms with Gasteiger partial charge in [0.05, 0.1) is 19.0 Å². The number of hydrogen-bond donors (Lipinski definition) is 12. The van der Waals surface area contributed by atoms with Crippen molar-refractivity contribution >= 4 is 58.2 Å². The number of fused-ring (bicyclic) bond motifs is 1. The third kappa shape index (κ3) is 14.7. The number of carboxylic acids is 1. The lowest BCUT2D eigenvalue weighted by Gasteiger charge is -2.31. The molecule has 22 nitrogen and oxygen atoms in total. The summed E-state index contributed by atoms with van der Waals surface area (Å²) in [5, 5.41) is 33.7. The maximum atomic E-state index is 14.4. The van der Waals surface area contributed by atoms with Crippen LogP contribution in [-0.4, -0.2) is 139 Å². The Hall–Kier alpha value is -7.17. The Morgan fingerprint density at radius 2 is 1.43 bits per heavy atom. The SMILES string of the molecule is NCCCC[C@H](NC(=O)[C@H](Cc1ccccc1)NC(=O)[C@H](CCC(N)=O)NC(=O)[C@@H]1CCCN1C(=O)[C@H](Cc1cnc[nH]1)NC(=O)[C@H](CO)NC(=O)[C@@H](N)Cc1c[nH]c2ccccc12)C(=O)O. The zero-order valence-electron chi connectivity index (χ0n) is 36.9. The summed E-state index contributed by atoms with van der Waals surface area (Å²) in [6, 6.07) is 6.92. The van der Waals surface area contributed by atoms with Crippen LogP contribution in [0.4, 0.5) is 0 Å². The minimum Gasteiger partial charge on any atom is -0.480 e. The first-order chi connectivity index (χ1) is 32.2. The maximum absolute atomic E-state index is 14.4. The highest BCUT2D eigenvalue weighted by atomic mass is 16.4. The van der Waals surface area contributed by atoms with E-state index in [1.807, 2.05) is 24.3 Å². The fourth-order valence-corrected chi connectivity index (χ4v) is 7.87. The number of aliphatic carboxylic acids is 1. The number of nitrogens with one attached hydrogen (secondary N) is 7. The molecule has 0 spiro atoms. The Bertz CT molecular complexity index is 2320. The molecule has 22 heteroatoms. The minimum absolute atomic E-state index is 0.0585. The average molecular weight is 929 g/mol. The van der Waals surface area contributed by atoms with Crippen LogP contribution in [0.5, 0.6) is 0 Å². The van der Waals surface area contributed by atoms with Gasteiger partial charge in [-0.05, 0) is 68.7 Å². The highest BCUT2D eigenvalue weighted by Crippen LogP contribution is 2.21. The number of aliphatic hydroxyl groups excluding tert-OH is 1. The number of imidazole rings is 1. The Balaban J connectivity index is 1.29. The molecule has 1 aliphatic rings. The third-order valence-corrected chi connectivity index (χ3v) is 11.5. The van der Waals surface area contributed by atoms with E-state index >= 15 is 0 Å². The van der Waals surface area contributed by atoms with Gasteiger partial charge in [-0.2, -0.15) is 0 Å². The molecule has 0 bridgehead atoms. The summed E-state index contributed by atoms with van der Waals surface area (Å²) < 4.78 is 0. The lowest BCUT2D eigenvalue weighted by atomic mass is 10.0. The van der Waals surface area contributed by atoms with E-state index in [2.05, 4.69) is 41.5 Å². The first kappa shape index (κ1) is 50.8. The molecular formula is C45H60N12O10. The van der Waals surface area contributed by atoms with Gasteiger partial charge >= 0.3 is 5.97 Å². The summed E-state index contributed by atoms with van der Waals surface area (Å²) in [5.41, 5.74) is 19.9. The molecule has 0 unspecified atom stereocenters. The molecule has 5 rings (SSSR count). The molecule has 1 aliphatic heterocycles. The van der Waals surface area contributed by atoms with E-state index < -0.39 is 96.2 Å². The number of primary amides is 1. The molecule has 15 N–H and O–H groups in total. The Morgan fingerprint density at radius 1 is 0.761 bits per heavy atom. The predicted octanol–water partition coefficient (Wildman–Crippen LogP) is -1.87. The molecule has 7 atom stereocenters. The van der Waals surface area contributed by atoms with Crippen molar-refractivity contribution in [3.63, 3.8) is 0 Å². The van der Waals surface area contributed by atoms with Gasteiger partial charge in [0.2, 0.25) is 41.4 Å². The molecule has 2 aromatic carbocycles. The van der Waals surface area contributed by atoms with Crippen LogP contribution in [0, 0.1) is 0 Å². The molecule has 0 radical (unpaired) electrons. The van der Waals surface area contributed by atoms with Crippen molar-refractivity contribution < 1.29 is 48.6 Å². The highest BCUT2D eigenvalue weighted by molar-refractivity contribution is 5.98. The average Bonchev–Trinajstić information content (AvgIpc) is 4.11. The van der Waals surface area contributed by atoms with Crippen molar-refractivity contribution in [2.24, 2.45) is 17.2 Å². The van der Waals surface area contributed by atoms with E-state index in [1.165, 1.54) is 17.4 Å². The number of H-pyrrole nitrogens is 2. The number of nitrogens with zero attached hydrogens (tertiary/aromatic N) is 2. The van der Waals surface area contributed by atoms with Crippen LogP contribution in [0.15, 0.2) is 73.3 Å². The number of hydrogen-bond acceptors (Lipinski definition) is 12. The first-order valence-electron chi connectivity index (χ1n) is 22.1. The fourth-order valence-electron chi connectivity index (χ4n) is 7.87. The largest absolute Gasteiger partial charge is 0.480 e. The van der Waals surface area contributed by atoms with Gasteiger partial charge in [-0.15, -0.1) is 0 Å².